The summed E-state index contributed by atoms with van der Waals surface area (Å²) in [6, 6.07) is 0. The van der Waals surface area contributed by atoms with Crippen LogP contribution in [0.2, 0.25) is 0 Å². The van der Waals surface area contributed by atoms with Gasteiger partial charge in [-0.25, -0.2) is 4.98 Å². The predicted molar refractivity (Wildman–Crippen MR) is 73.8 cm³/mol. The van der Waals surface area contributed by atoms with Crippen molar-refractivity contribution in [1.82, 2.24) is 9.88 Å². The number of hydrogen-bond acceptors (Lipinski definition) is 4. The Morgan fingerprint density at radius 2 is 2.38 bits per heavy atom. The topological polar surface area (TPSA) is 42.2 Å². The molecular formula is C11H19N3S2. The standard InChI is InChI=1S/C11H19N3S2/c1-4-14(5-8(2)11(12)15)6-10-7-16-9(3)13-10/h7-8H,4-6H2,1-3H3,(H2,12,15). The summed E-state index contributed by atoms with van der Waals surface area (Å²) < 4.78 is 0. The summed E-state index contributed by atoms with van der Waals surface area (Å²) in [7, 11) is 0. The second kappa shape index (κ2) is 6.27. The minimum absolute atomic E-state index is 0.259. The summed E-state index contributed by atoms with van der Waals surface area (Å²) in [4.78, 5) is 7.37. The van der Waals surface area contributed by atoms with Crippen molar-refractivity contribution in [3.63, 3.8) is 0 Å². The number of nitrogens with zero attached hydrogens (tertiary/aromatic N) is 2. The molecule has 1 rings (SSSR count). The van der Waals surface area contributed by atoms with Crippen LogP contribution in [0, 0.1) is 12.8 Å². The maximum atomic E-state index is 5.63. The summed E-state index contributed by atoms with van der Waals surface area (Å²) in [6.07, 6.45) is 0. The number of aryl methyl sites for hydroxylation is 1. The lowest BCUT2D eigenvalue weighted by atomic mass is 10.1. The van der Waals surface area contributed by atoms with E-state index < -0.39 is 0 Å². The van der Waals surface area contributed by atoms with Gasteiger partial charge in [-0.05, 0) is 13.5 Å². The third-order valence-electron chi connectivity index (χ3n) is 2.52. The molecule has 0 saturated carbocycles. The van der Waals surface area contributed by atoms with Crippen LogP contribution < -0.4 is 5.73 Å². The van der Waals surface area contributed by atoms with Crippen LogP contribution in [0.1, 0.15) is 24.5 Å². The molecule has 0 saturated heterocycles. The van der Waals surface area contributed by atoms with E-state index in [4.69, 9.17) is 18.0 Å². The van der Waals surface area contributed by atoms with E-state index in [1.807, 2.05) is 6.92 Å². The van der Waals surface area contributed by atoms with Gasteiger partial charge in [-0.2, -0.15) is 0 Å². The molecule has 2 N–H and O–H groups in total. The summed E-state index contributed by atoms with van der Waals surface area (Å²) in [6.45, 7) is 9.02. The van der Waals surface area contributed by atoms with Crippen LogP contribution in [0.3, 0.4) is 0 Å². The van der Waals surface area contributed by atoms with E-state index >= 15 is 0 Å². The molecule has 1 unspecified atom stereocenters. The lowest BCUT2D eigenvalue weighted by Crippen LogP contribution is -2.33. The Bertz CT molecular complexity index is 349. The summed E-state index contributed by atoms with van der Waals surface area (Å²) >= 11 is 6.68. The van der Waals surface area contributed by atoms with Gasteiger partial charge in [0.1, 0.15) is 0 Å². The van der Waals surface area contributed by atoms with Crippen molar-refractivity contribution in [2.75, 3.05) is 13.1 Å². The second-order valence-electron chi connectivity index (χ2n) is 3.99. The quantitative estimate of drug-likeness (QED) is 0.793. The summed E-state index contributed by atoms with van der Waals surface area (Å²) in [5.74, 6) is 0.259. The molecule has 5 heteroatoms. The molecule has 0 aromatic carbocycles. The molecule has 0 amide bonds. The predicted octanol–water partition coefficient (Wildman–Crippen LogP) is 2.20. The van der Waals surface area contributed by atoms with Crippen LogP contribution >= 0.6 is 23.6 Å². The van der Waals surface area contributed by atoms with E-state index in [1.54, 1.807) is 11.3 Å². The molecule has 90 valence electrons. The van der Waals surface area contributed by atoms with Crippen molar-refractivity contribution in [2.45, 2.75) is 27.3 Å². The number of aromatic nitrogens is 1. The second-order valence-corrected chi connectivity index (χ2v) is 5.52. The zero-order chi connectivity index (χ0) is 12.1. The van der Waals surface area contributed by atoms with E-state index in [1.165, 1.54) is 0 Å². The van der Waals surface area contributed by atoms with Crippen molar-refractivity contribution in [3.05, 3.63) is 16.1 Å². The molecule has 0 radical (unpaired) electrons. The zero-order valence-electron chi connectivity index (χ0n) is 10.1. The molecule has 0 spiro atoms. The summed E-state index contributed by atoms with van der Waals surface area (Å²) in [5, 5.41) is 3.23. The number of hydrogen-bond donors (Lipinski definition) is 1. The van der Waals surface area contributed by atoms with E-state index in [2.05, 4.69) is 29.1 Å². The Kier molecular flexibility index (Phi) is 5.31. The maximum Gasteiger partial charge on any atom is 0.0897 e. The highest BCUT2D eigenvalue weighted by Gasteiger charge is 2.12. The Hall–Kier alpha value is -0.520. The fourth-order valence-corrected chi connectivity index (χ4v) is 2.17. The zero-order valence-corrected chi connectivity index (χ0v) is 11.7. The first kappa shape index (κ1) is 13.5. The van der Waals surface area contributed by atoms with Gasteiger partial charge in [0, 0.05) is 24.4 Å². The van der Waals surface area contributed by atoms with Crippen LogP contribution in [-0.4, -0.2) is 28.0 Å². The highest BCUT2D eigenvalue weighted by atomic mass is 32.1. The number of thiocarbonyl (C=S) groups is 1. The van der Waals surface area contributed by atoms with Crippen molar-refractivity contribution < 1.29 is 0 Å². The first-order valence-electron chi connectivity index (χ1n) is 5.45. The van der Waals surface area contributed by atoms with Gasteiger partial charge in [-0.15, -0.1) is 11.3 Å². The third-order valence-corrected chi connectivity index (χ3v) is 3.74. The Morgan fingerprint density at radius 1 is 1.69 bits per heavy atom. The molecule has 0 bridgehead atoms. The van der Waals surface area contributed by atoms with Crippen LogP contribution in [0.15, 0.2) is 5.38 Å². The largest absolute Gasteiger partial charge is 0.393 e. The van der Waals surface area contributed by atoms with Crippen LogP contribution in [-0.2, 0) is 6.54 Å². The van der Waals surface area contributed by atoms with Gasteiger partial charge in [0.15, 0.2) is 0 Å². The van der Waals surface area contributed by atoms with E-state index in [0.29, 0.717) is 4.99 Å². The molecule has 0 fully saturated rings. The first-order valence-corrected chi connectivity index (χ1v) is 6.74. The van der Waals surface area contributed by atoms with Crippen molar-refractivity contribution in [2.24, 2.45) is 11.7 Å². The van der Waals surface area contributed by atoms with Crippen LogP contribution in [0.25, 0.3) is 0 Å². The Morgan fingerprint density at radius 3 is 2.81 bits per heavy atom. The lowest BCUT2D eigenvalue weighted by Gasteiger charge is -2.22. The average Bonchev–Trinajstić information content (AvgIpc) is 2.62. The first-order chi connectivity index (χ1) is 7.52. The van der Waals surface area contributed by atoms with E-state index in [9.17, 15) is 0 Å². The number of rotatable bonds is 6. The average molecular weight is 257 g/mol. The van der Waals surface area contributed by atoms with Gasteiger partial charge >= 0.3 is 0 Å². The normalized spacial score (nSPS) is 13.0. The number of nitrogens with two attached hydrogens (primary N) is 1. The Balaban J connectivity index is 2.52. The van der Waals surface area contributed by atoms with Crippen molar-refractivity contribution >= 4 is 28.5 Å². The maximum absolute atomic E-state index is 5.63. The van der Waals surface area contributed by atoms with E-state index in [0.717, 1.165) is 30.3 Å². The molecule has 3 nitrogen and oxygen atoms in total. The molecule has 16 heavy (non-hydrogen) atoms. The van der Waals surface area contributed by atoms with Gasteiger partial charge in [0.25, 0.3) is 0 Å². The van der Waals surface area contributed by atoms with Crippen LogP contribution in [0.4, 0.5) is 0 Å². The fourth-order valence-electron chi connectivity index (χ4n) is 1.49. The van der Waals surface area contributed by atoms with Gasteiger partial charge in [-0.3, -0.25) is 4.90 Å². The molecule has 1 heterocycles. The number of thiazole rings is 1. The van der Waals surface area contributed by atoms with Gasteiger partial charge < -0.3 is 5.73 Å². The Labute approximate surface area is 107 Å². The van der Waals surface area contributed by atoms with Gasteiger partial charge in [0.2, 0.25) is 0 Å². The molecule has 0 aliphatic carbocycles. The van der Waals surface area contributed by atoms with Gasteiger partial charge in [-0.1, -0.05) is 26.1 Å². The molecule has 1 atom stereocenters. The molecule has 0 aliphatic heterocycles. The smallest absolute Gasteiger partial charge is 0.0897 e. The molecule has 0 aliphatic rings. The van der Waals surface area contributed by atoms with Crippen molar-refractivity contribution in [3.8, 4) is 0 Å². The summed E-state index contributed by atoms with van der Waals surface area (Å²) in [5.41, 5.74) is 6.77. The van der Waals surface area contributed by atoms with E-state index in [-0.39, 0.29) is 5.92 Å². The minimum Gasteiger partial charge on any atom is -0.393 e. The monoisotopic (exact) mass is 257 g/mol. The van der Waals surface area contributed by atoms with Gasteiger partial charge in [0.05, 0.1) is 15.7 Å². The molecule has 1 aromatic heterocycles. The lowest BCUT2D eigenvalue weighted by molar-refractivity contribution is 0.261. The fraction of sp³-hybridized carbons (Fsp3) is 0.636. The highest BCUT2D eigenvalue weighted by molar-refractivity contribution is 7.80. The minimum atomic E-state index is 0.259. The highest BCUT2D eigenvalue weighted by Crippen LogP contribution is 2.11. The molecular weight excluding hydrogens is 238 g/mol. The van der Waals surface area contributed by atoms with Crippen LogP contribution in [0.5, 0.6) is 0 Å². The third kappa shape index (κ3) is 4.15. The van der Waals surface area contributed by atoms with Crippen molar-refractivity contribution in [1.29, 1.82) is 0 Å². The SMILES string of the molecule is CCN(Cc1csc(C)n1)CC(C)C(N)=S. The molecule has 1 aromatic rings.